The Morgan fingerprint density at radius 1 is 1.10 bits per heavy atom. The van der Waals surface area contributed by atoms with Gasteiger partial charge in [-0.15, -0.1) is 0 Å². The van der Waals surface area contributed by atoms with Gasteiger partial charge in [0.1, 0.15) is 11.4 Å². The Morgan fingerprint density at radius 3 is 2.19 bits per heavy atom. The molecule has 0 radical (unpaired) electrons. The third kappa shape index (κ3) is 2.79. The van der Waals surface area contributed by atoms with Crippen LogP contribution in [0.4, 0.5) is 11.4 Å². The summed E-state index contributed by atoms with van der Waals surface area (Å²) in [6.45, 7) is 0. The van der Waals surface area contributed by atoms with Gasteiger partial charge in [0.2, 0.25) is 9.84 Å². The van der Waals surface area contributed by atoms with Crippen LogP contribution in [0.5, 0.6) is 5.75 Å². The smallest absolute Gasteiger partial charge is 0.293 e. The molecule has 0 aliphatic heterocycles. The number of nitrogens with two attached hydrogens (primary N) is 1. The Labute approximate surface area is 121 Å². The van der Waals surface area contributed by atoms with Gasteiger partial charge in [-0.3, -0.25) is 10.1 Å². The molecule has 8 heteroatoms. The maximum absolute atomic E-state index is 12.4. The molecule has 0 fully saturated rings. The van der Waals surface area contributed by atoms with E-state index in [4.69, 9.17) is 10.5 Å². The molecule has 110 valence electrons. The van der Waals surface area contributed by atoms with E-state index < -0.39 is 20.4 Å². The minimum Gasteiger partial charge on any atom is -0.497 e. The summed E-state index contributed by atoms with van der Waals surface area (Å²) in [7, 11) is -2.39. The van der Waals surface area contributed by atoms with Gasteiger partial charge in [0.25, 0.3) is 5.69 Å². The van der Waals surface area contributed by atoms with E-state index in [-0.39, 0.29) is 15.5 Å². The Bertz CT molecular complexity index is 785. The van der Waals surface area contributed by atoms with Crippen LogP contribution < -0.4 is 10.5 Å². The number of sulfone groups is 1. The highest BCUT2D eigenvalue weighted by Gasteiger charge is 2.22. The highest BCUT2D eigenvalue weighted by atomic mass is 32.2. The molecule has 2 aromatic carbocycles. The van der Waals surface area contributed by atoms with Crippen molar-refractivity contribution in [2.45, 2.75) is 9.79 Å². The van der Waals surface area contributed by atoms with Crippen molar-refractivity contribution in [1.82, 2.24) is 0 Å². The summed E-state index contributed by atoms with van der Waals surface area (Å²) in [6.07, 6.45) is 0. The minimum absolute atomic E-state index is 0.0161. The summed E-state index contributed by atoms with van der Waals surface area (Å²) in [5.74, 6) is 0.511. The first-order chi connectivity index (χ1) is 9.86. The van der Waals surface area contributed by atoms with Gasteiger partial charge in [0.05, 0.1) is 21.8 Å². The number of nitro groups is 1. The molecule has 2 aromatic rings. The molecule has 7 nitrogen and oxygen atoms in total. The molecule has 0 saturated carbocycles. The third-order valence-electron chi connectivity index (χ3n) is 2.88. The highest BCUT2D eigenvalue weighted by Crippen LogP contribution is 2.29. The monoisotopic (exact) mass is 308 g/mol. The number of ether oxygens (including phenoxy) is 1. The van der Waals surface area contributed by atoms with Crippen LogP contribution in [-0.2, 0) is 9.84 Å². The van der Waals surface area contributed by atoms with E-state index in [0.717, 1.165) is 6.07 Å². The molecule has 21 heavy (non-hydrogen) atoms. The lowest BCUT2D eigenvalue weighted by Gasteiger charge is -2.06. The zero-order valence-electron chi connectivity index (χ0n) is 11.0. The second kappa shape index (κ2) is 5.41. The van der Waals surface area contributed by atoms with E-state index in [1.54, 1.807) is 0 Å². The molecule has 2 rings (SSSR count). The van der Waals surface area contributed by atoms with Gasteiger partial charge in [-0.25, -0.2) is 8.42 Å². The fraction of sp³-hybridized carbons (Fsp3) is 0.0769. The van der Waals surface area contributed by atoms with Crippen LogP contribution in [0.1, 0.15) is 0 Å². The van der Waals surface area contributed by atoms with Gasteiger partial charge >= 0.3 is 0 Å². The molecule has 0 atom stereocenters. The molecule has 0 saturated heterocycles. The number of nitro benzene ring substituents is 1. The van der Waals surface area contributed by atoms with Crippen LogP contribution in [0.2, 0.25) is 0 Å². The predicted molar refractivity (Wildman–Crippen MR) is 76.0 cm³/mol. The summed E-state index contributed by atoms with van der Waals surface area (Å²) < 4.78 is 29.8. The van der Waals surface area contributed by atoms with E-state index in [0.29, 0.717) is 5.75 Å². The zero-order valence-corrected chi connectivity index (χ0v) is 11.8. The minimum atomic E-state index is -3.85. The number of hydrogen-bond donors (Lipinski definition) is 1. The van der Waals surface area contributed by atoms with Crippen molar-refractivity contribution in [2.75, 3.05) is 12.8 Å². The van der Waals surface area contributed by atoms with E-state index >= 15 is 0 Å². The van der Waals surface area contributed by atoms with Crippen molar-refractivity contribution < 1.29 is 18.1 Å². The molecule has 0 amide bonds. The molecule has 0 unspecified atom stereocenters. The van der Waals surface area contributed by atoms with Gasteiger partial charge in [-0.1, -0.05) is 0 Å². The van der Waals surface area contributed by atoms with E-state index in [1.807, 2.05) is 0 Å². The Hall–Kier alpha value is -2.61. The summed E-state index contributed by atoms with van der Waals surface area (Å²) in [5, 5.41) is 10.8. The lowest BCUT2D eigenvalue weighted by Crippen LogP contribution is -2.04. The molecular formula is C13H12N2O5S. The van der Waals surface area contributed by atoms with E-state index in [9.17, 15) is 18.5 Å². The van der Waals surface area contributed by atoms with Crippen molar-refractivity contribution in [3.8, 4) is 5.75 Å². The molecule has 0 heterocycles. The fourth-order valence-electron chi connectivity index (χ4n) is 1.74. The van der Waals surface area contributed by atoms with Crippen molar-refractivity contribution in [2.24, 2.45) is 0 Å². The second-order valence-electron chi connectivity index (χ2n) is 4.16. The van der Waals surface area contributed by atoms with Crippen molar-refractivity contribution in [3.05, 3.63) is 52.6 Å². The molecule has 0 aliphatic carbocycles. The maximum atomic E-state index is 12.4. The zero-order chi connectivity index (χ0) is 15.6. The SMILES string of the molecule is COc1ccc(S(=O)(=O)c2ccc(N)c([N+](=O)[O-])c2)cc1. The fourth-order valence-corrected chi connectivity index (χ4v) is 3.02. The molecular weight excluding hydrogens is 296 g/mol. The van der Waals surface area contributed by atoms with Gasteiger partial charge in [-0.2, -0.15) is 0 Å². The summed E-state index contributed by atoms with van der Waals surface area (Å²) in [6, 6.07) is 9.13. The summed E-state index contributed by atoms with van der Waals surface area (Å²) >= 11 is 0. The first-order valence-corrected chi connectivity index (χ1v) is 7.27. The quantitative estimate of drug-likeness (QED) is 0.525. The van der Waals surface area contributed by atoms with Crippen LogP contribution in [0, 0.1) is 10.1 Å². The van der Waals surface area contributed by atoms with Crippen molar-refractivity contribution in [1.29, 1.82) is 0 Å². The average Bonchev–Trinajstić information content (AvgIpc) is 2.47. The van der Waals surface area contributed by atoms with Gasteiger partial charge in [0.15, 0.2) is 0 Å². The number of benzene rings is 2. The van der Waals surface area contributed by atoms with Gasteiger partial charge in [0, 0.05) is 6.07 Å². The van der Waals surface area contributed by atoms with Crippen LogP contribution >= 0.6 is 0 Å². The maximum Gasteiger partial charge on any atom is 0.293 e. The number of rotatable bonds is 4. The number of methoxy groups -OCH3 is 1. The van der Waals surface area contributed by atoms with Crippen LogP contribution in [0.25, 0.3) is 0 Å². The number of nitrogen functional groups attached to an aromatic ring is 1. The number of nitrogens with zero attached hydrogens (tertiary/aromatic N) is 1. The van der Waals surface area contributed by atoms with Gasteiger partial charge in [-0.05, 0) is 36.4 Å². The lowest BCUT2D eigenvalue weighted by molar-refractivity contribution is -0.384. The topological polar surface area (TPSA) is 113 Å². The molecule has 0 aromatic heterocycles. The van der Waals surface area contributed by atoms with Crippen molar-refractivity contribution >= 4 is 21.2 Å². The van der Waals surface area contributed by atoms with Crippen LogP contribution in [0.3, 0.4) is 0 Å². The largest absolute Gasteiger partial charge is 0.497 e. The molecule has 0 aliphatic rings. The van der Waals surface area contributed by atoms with Gasteiger partial charge < -0.3 is 10.5 Å². The average molecular weight is 308 g/mol. The summed E-state index contributed by atoms with van der Waals surface area (Å²) in [4.78, 5) is 9.94. The Morgan fingerprint density at radius 2 is 1.67 bits per heavy atom. The molecule has 0 spiro atoms. The highest BCUT2D eigenvalue weighted by molar-refractivity contribution is 7.91. The van der Waals surface area contributed by atoms with Crippen molar-refractivity contribution in [3.63, 3.8) is 0 Å². The second-order valence-corrected chi connectivity index (χ2v) is 6.11. The number of hydrogen-bond acceptors (Lipinski definition) is 6. The first kappa shape index (κ1) is 14.8. The Kier molecular flexibility index (Phi) is 3.81. The third-order valence-corrected chi connectivity index (χ3v) is 4.65. The molecule has 2 N–H and O–H groups in total. The van der Waals surface area contributed by atoms with Crippen LogP contribution in [-0.4, -0.2) is 20.5 Å². The van der Waals surface area contributed by atoms with E-state index in [1.165, 1.54) is 43.5 Å². The summed E-state index contributed by atoms with van der Waals surface area (Å²) in [5.41, 5.74) is 4.93. The predicted octanol–water partition coefficient (Wildman–Crippen LogP) is 2.02. The van der Waals surface area contributed by atoms with E-state index in [2.05, 4.69) is 0 Å². The molecule has 0 bridgehead atoms. The normalized spacial score (nSPS) is 11.1. The van der Waals surface area contributed by atoms with Crippen LogP contribution in [0.15, 0.2) is 52.3 Å². The number of anilines is 1. The Balaban J connectivity index is 2.53. The standard InChI is InChI=1S/C13H12N2O5S/c1-20-9-2-4-10(5-3-9)21(18,19)11-6-7-12(14)13(8-11)15(16)17/h2-8H,14H2,1H3. The first-order valence-electron chi connectivity index (χ1n) is 5.79. The lowest BCUT2D eigenvalue weighted by atomic mass is 10.3.